The van der Waals surface area contributed by atoms with Crippen molar-refractivity contribution in [2.45, 2.75) is 6.42 Å². The lowest BCUT2D eigenvalue weighted by Crippen LogP contribution is -2.03. The third kappa shape index (κ3) is 2.40. The third-order valence-corrected chi connectivity index (χ3v) is 3.05. The number of rotatable bonds is 4. The van der Waals surface area contributed by atoms with Gasteiger partial charge in [-0.15, -0.1) is 0 Å². The first-order valence-electron chi connectivity index (χ1n) is 6.28. The summed E-state index contributed by atoms with van der Waals surface area (Å²) in [5, 5.41) is 0. The molecule has 0 N–H and O–H groups in total. The molecule has 0 aliphatic carbocycles. The highest BCUT2D eigenvalue weighted by Gasteiger charge is 2.12. The lowest BCUT2D eigenvalue weighted by Gasteiger charge is -1.96. The molecular weight excluding hydrogens is 254 g/mol. The summed E-state index contributed by atoms with van der Waals surface area (Å²) in [6.45, 7) is 0. The molecule has 0 amide bonds. The zero-order valence-electron chi connectivity index (χ0n) is 11.0. The number of carbonyl (C=O) groups excluding carboxylic acids is 1. The van der Waals surface area contributed by atoms with Crippen LogP contribution in [-0.2, 0) is 6.42 Å². The molecule has 100 valence electrons. The molecule has 0 spiro atoms. The molecule has 4 nitrogen and oxygen atoms in total. The maximum absolute atomic E-state index is 12.1. The number of oxazole rings is 1. The summed E-state index contributed by atoms with van der Waals surface area (Å²) in [5.41, 5.74) is 2.01. The molecule has 0 unspecified atom stereocenters. The Morgan fingerprint density at radius 1 is 1.20 bits per heavy atom. The molecule has 2 aromatic carbocycles. The van der Waals surface area contributed by atoms with Crippen molar-refractivity contribution < 1.29 is 13.9 Å². The molecule has 3 aromatic rings. The molecule has 0 bridgehead atoms. The van der Waals surface area contributed by atoms with E-state index in [1.54, 1.807) is 37.4 Å². The van der Waals surface area contributed by atoms with Crippen molar-refractivity contribution in [2.75, 3.05) is 7.11 Å². The number of carbonyl (C=O) groups is 1. The fraction of sp³-hybridized carbons (Fsp3) is 0.125. The summed E-state index contributed by atoms with van der Waals surface area (Å²) in [7, 11) is 1.60. The number of benzene rings is 2. The Morgan fingerprint density at radius 2 is 2.00 bits per heavy atom. The molecule has 0 saturated carbocycles. The second kappa shape index (κ2) is 5.17. The normalized spacial score (nSPS) is 10.7. The Morgan fingerprint density at radius 3 is 2.75 bits per heavy atom. The predicted octanol–water partition coefficient (Wildman–Crippen LogP) is 3.26. The number of methoxy groups -OCH3 is 1. The van der Waals surface area contributed by atoms with E-state index >= 15 is 0 Å². The van der Waals surface area contributed by atoms with Gasteiger partial charge >= 0.3 is 0 Å². The number of nitrogens with zero attached hydrogens (tertiary/aromatic N) is 1. The van der Waals surface area contributed by atoms with Crippen molar-refractivity contribution in [3.8, 4) is 5.75 Å². The summed E-state index contributed by atoms with van der Waals surface area (Å²) in [6.07, 6.45) is 0.154. The summed E-state index contributed by atoms with van der Waals surface area (Å²) in [6, 6.07) is 14.5. The predicted molar refractivity (Wildman–Crippen MR) is 75.0 cm³/mol. The van der Waals surface area contributed by atoms with E-state index in [9.17, 15) is 4.79 Å². The SMILES string of the molecule is COc1ccc2oc(CC(=O)c3ccccc3)nc2c1. The third-order valence-electron chi connectivity index (χ3n) is 3.05. The van der Waals surface area contributed by atoms with Crippen molar-refractivity contribution in [1.82, 2.24) is 4.98 Å². The second-order valence-corrected chi connectivity index (χ2v) is 4.41. The van der Waals surface area contributed by atoms with Gasteiger partial charge in [-0.2, -0.15) is 0 Å². The smallest absolute Gasteiger partial charge is 0.203 e. The molecule has 0 aliphatic rings. The molecule has 4 heteroatoms. The molecule has 20 heavy (non-hydrogen) atoms. The fourth-order valence-corrected chi connectivity index (χ4v) is 2.02. The van der Waals surface area contributed by atoms with Crippen LogP contribution < -0.4 is 4.74 Å². The molecule has 0 radical (unpaired) electrons. The molecule has 0 saturated heterocycles. The van der Waals surface area contributed by atoms with Crippen molar-refractivity contribution in [1.29, 1.82) is 0 Å². The Balaban J connectivity index is 1.86. The van der Waals surface area contributed by atoms with Crippen LogP contribution in [-0.4, -0.2) is 17.9 Å². The standard InChI is InChI=1S/C16H13NO3/c1-19-12-7-8-15-13(9-12)17-16(20-15)10-14(18)11-5-3-2-4-6-11/h2-9H,10H2,1H3. The van der Waals surface area contributed by atoms with E-state index in [0.29, 0.717) is 28.3 Å². The van der Waals surface area contributed by atoms with Crippen LogP contribution in [0.2, 0.25) is 0 Å². The number of fused-ring (bicyclic) bond motifs is 1. The van der Waals surface area contributed by atoms with Crippen LogP contribution >= 0.6 is 0 Å². The zero-order chi connectivity index (χ0) is 13.9. The molecule has 3 rings (SSSR count). The van der Waals surface area contributed by atoms with Gasteiger partial charge in [0.2, 0.25) is 5.89 Å². The molecule has 1 heterocycles. The maximum Gasteiger partial charge on any atom is 0.203 e. The first kappa shape index (κ1) is 12.4. The summed E-state index contributed by atoms with van der Waals surface area (Å²) in [4.78, 5) is 16.4. The van der Waals surface area contributed by atoms with Crippen molar-refractivity contribution in [3.63, 3.8) is 0 Å². The van der Waals surface area contributed by atoms with Crippen LogP contribution in [0.15, 0.2) is 52.9 Å². The number of ether oxygens (including phenoxy) is 1. The topological polar surface area (TPSA) is 52.3 Å². The second-order valence-electron chi connectivity index (χ2n) is 4.41. The van der Waals surface area contributed by atoms with Gasteiger partial charge < -0.3 is 9.15 Å². The van der Waals surface area contributed by atoms with E-state index in [1.807, 2.05) is 18.2 Å². The van der Waals surface area contributed by atoms with Gasteiger partial charge in [0, 0.05) is 11.6 Å². The van der Waals surface area contributed by atoms with Crippen LogP contribution in [0, 0.1) is 0 Å². The maximum atomic E-state index is 12.1. The minimum absolute atomic E-state index is 0.0101. The molecule has 0 fully saturated rings. The molecule has 0 aliphatic heterocycles. The molecular formula is C16H13NO3. The highest BCUT2D eigenvalue weighted by atomic mass is 16.5. The summed E-state index contributed by atoms with van der Waals surface area (Å²) >= 11 is 0. The van der Waals surface area contributed by atoms with Crippen LogP contribution in [0.25, 0.3) is 11.1 Å². The van der Waals surface area contributed by atoms with Crippen molar-refractivity contribution in [3.05, 3.63) is 60.0 Å². The first-order valence-corrected chi connectivity index (χ1v) is 6.28. The Kier molecular flexibility index (Phi) is 3.21. The lowest BCUT2D eigenvalue weighted by molar-refractivity contribution is 0.0986. The minimum Gasteiger partial charge on any atom is -0.497 e. The van der Waals surface area contributed by atoms with Gasteiger partial charge in [-0.05, 0) is 12.1 Å². The Bertz CT molecular complexity index is 747. The first-order chi connectivity index (χ1) is 9.76. The van der Waals surface area contributed by atoms with Gasteiger partial charge in [0.1, 0.15) is 11.3 Å². The molecule has 0 atom stereocenters. The average molecular weight is 267 g/mol. The quantitative estimate of drug-likeness (QED) is 0.681. The largest absolute Gasteiger partial charge is 0.497 e. The number of hydrogen-bond donors (Lipinski definition) is 0. The van der Waals surface area contributed by atoms with Gasteiger partial charge in [-0.3, -0.25) is 4.79 Å². The lowest BCUT2D eigenvalue weighted by atomic mass is 10.1. The van der Waals surface area contributed by atoms with Crippen LogP contribution in [0.3, 0.4) is 0 Å². The van der Waals surface area contributed by atoms with Crippen molar-refractivity contribution >= 4 is 16.9 Å². The summed E-state index contributed by atoms with van der Waals surface area (Å²) < 4.78 is 10.7. The van der Waals surface area contributed by atoms with E-state index in [0.717, 1.165) is 0 Å². The number of Topliss-reactive ketones (excluding diaryl/α,β-unsaturated/α-hetero) is 1. The van der Waals surface area contributed by atoms with E-state index in [-0.39, 0.29) is 12.2 Å². The van der Waals surface area contributed by atoms with Gasteiger partial charge in [0.25, 0.3) is 0 Å². The number of hydrogen-bond acceptors (Lipinski definition) is 4. The number of aromatic nitrogens is 1. The van der Waals surface area contributed by atoms with Crippen molar-refractivity contribution in [2.24, 2.45) is 0 Å². The van der Waals surface area contributed by atoms with E-state index in [2.05, 4.69) is 4.98 Å². The molecule has 1 aromatic heterocycles. The van der Waals surface area contributed by atoms with E-state index < -0.39 is 0 Å². The van der Waals surface area contributed by atoms with Crippen LogP contribution in [0.5, 0.6) is 5.75 Å². The Hall–Kier alpha value is -2.62. The minimum atomic E-state index is -0.0101. The van der Waals surface area contributed by atoms with Crippen LogP contribution in [0.1, 0.15) is 16.2 Å². The van der Waals surface area contributed by atoms with E-state index in [4.69, 9.17) is 9.15 Å². The van der Waals surface area contributed by atoms with Gasteiger partial charge in [-0.1, -0.05) is 30.3 Å². The van der Waals surface area contributed by atoms with E-state index in [1.165, 1.54) is 0 Å². The van der Waals surface area contributed by atoms with Gasteiger partial charge in [0.05, 0.1) is 13.5 Å². The fourth-order valence-electron chi connectivity index (χ4n) is 2.02. The van der Waals surface area contributed by atoms with Gasteiger partial charge in [0.15, 0.2) is 11.4 Å². The average Bonchev–Trinajstić information content (AvgIpc) is 2.89. The van der Waals surface area contributed by atoms with Crippen LogP contribution in [0.4, 0.5) is 0 Å². The highest BCUT2D eigenvalue weighted by Crippen LogP contribution is 2.21. The Labute approximate surface area is 116 Å². The summed E-state index contributed by atoms with van der Waals surface area (Å²) in [5.74, 6) is 1.12. The zero-order valence-corrected chi connectivity index (χ0v) is 11.0. The highest BCUT2D eigenvalue weighted by molar-refractivity contribution is 5.97. The van der Waals surface area contributed by atoms with Gasteiger partial charge in [-0.25, -0.2) is 4.98 Å². The monoisotopic (exact) mass is 267 g/mol. The number of ketones is 1.